The molecule has 0 fully saturated rings. The van der Waals surface area contributed by atoms with Gasteiger partial charge >= 0.3 is 0 Å². The molecule has 0 aliphatic heterocycles. The van der Waals surface area contributed by atoms with E-state index in [2.05, 4.69) is 40.1 Å². The van der Waals surface area contributed by atoms with E-state index in [0.717, 1.165) is 15.9 Å². The van der Waals surface area contributed by atoms with Gasteiger partial charge in [0.1, 0.15) is 5.82 Å². The number of rotatable bonds is 5. The van der Waals surface area contributed by atoms with Crippen molar-refractivity contribution >= 4 is 27.4 Å². The number of nitrogens with two attached hydrogens (primary N) is 1. The summed E-state index contributed by atoms with van der Waals surface area (Å²) < 4.78 is 6.12. The lowest BCUT2D eigenvalue weighted by molar-refractivity contribution is 0.171. The minimum atomic E-state index is 0.229. The Morgan fingerprint density at radius 1 is 1.53 bits per heavy atom. The summed E-state index contributed by atoms with van der Waals surface area (Å²) in [6, 6.07) is 0.229. The molecule has 1 atom stereocenters. The van der Waals surface area contributed by atoms with Crippen molar-refractivity contribution in [1.29, 1.82) is 0 Å². The van der Waals surface area contributed by atoms with Crippen LogP contribution in [-0.2, 0) is 4.74 Å². The summed E-state index contributed by atoms with van der Waals surface area (Å²) in [5.41, 5.74) is 7.49. The van der Waals surface area contributed by atoms with Crippen molar-refractivity contribution in [3.05, 3.63) is 16.2 Å². The van der Waals surface area contributed by atoms with Crippen molar-refractivity contribution in [2.75, 3.05) is 24.8 Å². The molecule has 0 aromatic carbocycles. The highest BCUT2D eigenvalue weighted by molar-refractivity contribution is 9.10. The minimum absolute atomic E-state index is 0.229. The van der Waals surface area contributed by atoms with Crippen molar-refractivity contribution in [3.63, 3.8) is 0 Å². The molecule has 17 heavy (non-hydrogen) atoms. The van der Waals surface area contributed by atoms with Crippen LogP contribution in [0.1, 0.15) is 19.4 Å². The van der Waals surface area contributed by atoms with Crippen LogP contribution in [0.2, 0.25) is 0 Å². The Morgan fingerprint density at radius 3 is 2.71 bits per heavy atom. The van der Waals surface area contributed by atoms with Crippen LogP contribution < -0.4 is 11.1 Å². The van der Waals surface area contributed by atoms with Crippen LogP contribution in [0.5, 0.6) is 0 Å². The summed E-state index contributed by atoms with van der Waals surface area (Å²) in [5.74, 6) is 1.27. The molecule has 0 saturated carbocycles. The van der Waals surface area contributed by atoms with E-state index in [-0.39, 0.29) is 6.04 Å². The van der Waals surface area contributed by atoms with Gasteiger partial charge in [-0.15, -0.1) is 0 Å². The summed E-state index contributed by atoms with van der Waals surface area (Å²) in [6.07, 6.45) is 1.67. The van der Waals surface area contributed by atoms with Crippen LogP contribution >= 0.6 is 15.9 Å². The third-order valence-corrected chi connectivity index (χ3v) is 3.75. The van der Waals surface area contributed by atoms with Gasteiger partial charge in [-0.1, -0.05) is 13.8 Å². The maximum absolute atomic E-state index is 5.79. The lowest BCUT2D eigenvalue weighted by Crippen LogP contribution is -2.31. The van der Waals surface area contributed by atoms with Gasteiger partial charge in [0.2, 0.25) is 0 Å². The number of methoxy groups -OCH3 is 1. The maximum Gasteiger partial charge on any atom is 0.141 e. The molecule has 0 amide bonds. The van der Waals surface area contributed by atoms with Crippen LogP contribution in [0.15, 0.2) is 10.7 Å². The first kappa shape index (κ1) is 14.3. The molecule has 1 rings (SSSR count). The maximum atomic E-state index is 5.79. The molecule has 0 saturated heterocycles. The average molecular weight is 302 g/mol. The van der Waals surface area contributed by atoms with Crippen molar-refractivity contribution < 1.29 is 4.74 Å². The quantitative estimate of drug-likeness (QED) is 0.878. The van der Waals surface area contributed by atoms with Gasteiger partial charge < -0.3 is 15.8 Å². The van der Waals surface area contributed by atoms with E-state index in [4.69, 9.17) is 10.5 Å². The van der Waals surface area contributed by atoms with E-state index in [0.29, 0.717) is 18.2 Å². The number of ether oxygens (including phenoxy) is 1. The number of anilines is 2. The first-order valence-corrected chi connectivity index (χ1v) is 6.42. The molecule has 1 unspecified atom stereocenters. The molecule has 4 nitrogen and oxygen atoms in total. The zero-order valence-electron chi connectivity index (χ0n) is 10.7. The molecule has 96 valence electrons. The SMILES string of the molecule is COCC(Nc1ncc(N)c(C)c1Br)C(C)C. The van der Waals surface area contributed by atoms with Crippen molar-refractivity contribution in [2.24, 2.45) is 5.92 Å². The summed E-state index contributed by atoms with van der Waals surface area (Å²) in [7, 11) is 1.70. The smallest absolute Gasteiger partial charge is 0.141 e. The van der Waals surface area contributed by atoms with Gasteiger partial charge in [0.25, 0.3) is 0 Å². The second-order valence-electron chi connectivity index (χ2n) is 4.45. The Bertz CT molecular complexity index is 382. The Kier molecular flexibility index (Phi) is 5.21. The molecule has 3 N–H and O–H groups in total. The zero-order chi connectivity index (χ0) is 13.0. The third-order valence-electron chi connectivity index (χ3n) is 2.78. The standard InChI is InChI=1S/C12H20BrN3O/c1-7(2)10(6-17-4)16-12-11(13)8(3)9(14)5-15-12/h5,7,10H,6,14H2,1-4H3,(H,15,16). The van der Waals surface area contributed by atoms with Gasteiger partial charge in [0.05, 0.1) is 29.0 Å². The minimum Gasteiger partial charge on any atom is -0.397 e. The highest BCUT2D eigenvalue weighted by Gasteiger charge is 2.16. The van der Waals surface area contributed by atoms with Gasteiger partial charge in [0, 0.05) is 7.11 Å². The van der Waals surface area contributed by atoms with E-state index in [1.165, 1.54) is 0 Å². The second-order valence-corrected chi connectivity index (χ2v) is 5.24. The Hall–Kier alpha value is -0.810. The van der Waals surface area contributed by atoms with Gasteiger partial charge in [0.15, 0.2) is 0 Å². The van der Waals surface area contributed by atoms with Gasteiger partial charge in [-0.3, -0.25) is 0 Å². The highest BCUT2D eigenvalue weighted by atomic mass is 79.9. The number of nitrogen functional groups attached to an aromatic ring is 1. The third kappa shape index (κ3) is 3.57. The normalized spacial score (nSPS) is 12.8. The molecule has 0 aliphatic rings. The predicted molar refractivity (Wildman–Crippen MR) is 75.2 cm³/mol. The van der Waals surface area contributed by atoms with Gasteiger partial charge in [-0.2, -0.15) is 0 Å². The summed E-state index contributed by atoms with van der Waals surface area (Å²) in [6.45, 7) is 6.91. The fourth-order valence-corrected chi connectivity index (χ4v) is 1.89. The van der Waals surface area contributed by atoms with Crippen LogP contribution in [0.25, 0.3) is 0 Å². The molecular weight excluding hydrogens is 282 g/mol. The van der Waals surface area contributed by atoms with Gasteiger partial charge in [-0.05, 0) is 34.3 Å². The molecule has 0 spiro atoms. The van der Waals surface area contributed by atoms with Crippen molar-refractivity contribution in [1.82, 2.24) is 4.98 Å². The molecular formula is C12H20BrN3O. The number of nitrogens with zero attached hydrogens (tertiary/aromatic N) is 1. The van der Waals surface area contributed by atoms with E-state index in [9.17, 15) is 0 Å². The Balaban J connectivity index is 2.90. The van der Waals surface area contributed by atoms with Crippen molar-refractivity contribution in [3.8, 4) is 0 Å². The Morgan fingerprint density at radius 2 is 2.18 bits per heavy atom. The summed E-state index contributed by atoms with van der Waals surface area (Å²) >= 11 is 3.51. The first-order valence-electron chi connectivity index (χ1n) is 5.63. The fraction of sp³-hybridized carbons (Fsp3) is 0.583. The number of aromatic nitrogens is 1. The number of nitrogens with one attached hydrogen (secondary N) is 1. The van der Waals surface area contributed by atoms with Crippen LogP contribution in [0, 0.1) is 12.8 Å². The van der Waals surface area contributed by atoms with E-state index in [1.807, 2.05) is 6.92 Å². The van der Waals surface area contributed by atoms with E-state index >= 15 is 0 Å². The summed E-state index contributed by atoms with van der Waals surface area (Å²) in [4.78, 5) is 4.30. The highest BCUT2D eigenvalue weighted by Crippen LogP contribution is 2.28. The second kappa shape index (κ2) is 6.21. The lowest BCUT2D eigenvalue weighted by atomic mass is 10.1. The molecule has 0 radical (unpaired) electrons. The van der Waals surface area contributed by atoms with Gasteiger partial charge in [-0.25, -0.2) is 4.98 Å². The molecule has 1 aromatic rings. The topological polar surface area (TPSA) is 60.2 Å². The van der Waals surface area contributed by atoms with Crippen LogP contribution in [0.3, 0.4) is 0 Å². The molecule has 5 heteroatoms. The molecule has 0 bridgehead atoms. The first-order chi connectivity index (χ1) is 7.97. The lowest BCUT2D eigenvalue weighted by Gasteiger charge is -2.23. The molecule has 1 heterocycles. The number of halogens is 1. The zero-order valence-corrected chi connectivity index (χ0v) is 12.3. The largest absolute Gasteiger partial charge is 0.397 e. The number of hydrogen-bond donors (Lipinski definition) is 2. The van der Waals surface area contributed by atoms with E-state index < -0.39 is 0 Å². The summed E-state index contributed by atoms with van der Waals surface area (Å²) in [5, 5.41) is 3.38. The Labute approximate surface area is 111 Å². The number of pyridine rings is 1. The number of hydrogen-bond acceptors (Lipinski definition) is 4. The fourth-order valence-electron chi connectivity index (χ4n) is 1.45. The molecule has 0 aliphatic carbocycles. The monoisotopic (exact) mass is 301 g/mol. The average Bonchev–Trinajstić information content (AvgIpc) is 2.28. The van der Waals surface area contributed by atoms with E-state index in [1.54, 1.807) is 13.3 Å². The van der Waals surface area contributed by atoms with Crippen molar-refractivity contribution in [2.45, 2.75) is 26.8 Å². The van der Waals surface area contributed by atoms with Crippen LogP contribution in [-0.4, -0.2) is 24.7 Å². The predicted octanol–water partition coefficient (Wildman–Crippen LogP) is 2.82. The van der Waals surface area contributed by atoms with Crippen LogP contribution in [0.4, 0.5) is 11.5 Å². The molecule has 1 aromatic heterocycles.